The molecule has 0 atom stereocenters. The van der Waals surface area contributed by atoms with Gasteiger partial charge < -0.3 is 30.9 Å². The lowest BCUT2D eigenvalue weighted by Crippen LogP contribution is -2.34. The maximum absolute atomic E-state index is 13.0. The van der Waals surface area contributed by atoms with Crippen LogP contribution in [0.3, 0.4) is 0 Å². The minimum absolute atomic E-state index is 0.0777. The van der Waals surface area contributed by atoms with E-state index in [1.165, 1.54) is 44.6 Å². The van der Waals surface area contributed by atoms with Gasteiger partial charge in [-0.1, -0.05) is 45.4 Å². The molecule has 11 heteroatoms. The van der Waals surface area contributed by atoms with Crippen molar-refractivity contribution in [3.8, 4) is 5.75 Å². The van der Waals surface area contributed by atoms with Crippen molar-refractivity contribution in [2.75, 3.05) is 51.9 Å². The third-order valence-electron chi connectivity index (χ3n) is 8.83. The van der Waals surface area contributed by atoms with Gasteiger partial charge in [-0.2, -0.15) is 15.0 Å². The highest BCUT2D eigenvalue weighted by molar-refractivity contribution is 6.05. The summed E-state index contributed by atoms with van der Waals surface area (Å²) in [6.45, 7) is 5.98. The number of phenols is 1. The van der Waals surface area contributed by atoms with Crippen LogP contribution in [-0.4, -0.2) is 58.1 Å². The summed E-state index contributed by atoms with van der Waals surface area (Å²) in [6.07, 6.45) is 15.5. The van der Waals surface area contributed by atoms with Gasteiger partial charge >= 0.3 is 0 Å². The predicted molar refractivity (Wildman–Crippen MR) is 189 cm³/mol. The van der Waals surface area contributed by atoms with Gasteiger partial charge in [0, 0.05) is 55.6 Å². The summed E-state index contributed by atoms with van der Waals surface area (Å²) in [5.41, 5.74) is 1.94. The van der Waals surface area contributed by atoms with Crippen molar-refractivity contribution < 1.29 is 14.7 Å². The number of aromatic hydroxyl groups is 1. The second kappa shape index (κ2) is 17.5. The fourth-order valence-corrected chi connectivity index (χ4v) is 6.09. The molecule has 2 aliphatic rings. The molecule has 4 N–H and O–H groups in total. The molecular weight excluding hydrogens is 592 g/mol. The number of piperidine rings is 2. The largest absolute Gasteiger partial charge is 0.506 e. The molecule has 0 aliphatic carbocycles. The Labute approximate surface area is 278 Å². The van der Waals surface area contributed by atoms with Crippen LogP contribution in [0.2, 0.25) is 0 Å². The number of nitrogens with one attached hydrogen (secondary N) is 3. The number of phenolic OH excluding ortho intramolecular Hbond substituents is 1. The number of unbranched alkanes of at least 4 members (excludes halogenated alkanes) is 6. The highest BCUT2D eigenvalue weighted by Gasteiger charge is 2.20. The van der Waals surface area contributed by atoms with E-state index >= 15 is 0 Å². The smallest absolute Gasteiger partial charge is 0.255 e. The van der Waals surface area contributed by atoms with Crippen LogP contribution in [0.5, 0.6) is 5.75 Å². The fraction of sp³-hybridized carbons (Fsp3) is 0.528. The van der Waals surface area contributed by atoms with E-state index in [0.29, 0.717) is 35.5 Å². The molecule has 3 heterocycles. The van der Waals surface area contributed by atoms with Gasteiger partial charge in [0.15, 0.2) is 0 Å². The second-order valence-corrected chi connectivity index (χ2v) is 12.7. The van der Waals surface area contributed by atoms with Crippen molar-refractivity contribution in [2.45, 2.75) is 96.8 Å². The molecule has 2 saturated heterocycles. The highest BCUT2D eigenvalue weighted by Crippen LogP contribution is 2.28. The number of carbonyl (C=O) groups excluding carboxylic acids is 2. The average Bonchev–Trinajstić information content (AvgIpc) is 3.10. The SMILES string of the molecule is CCCCCCCCCC(=O)Nc1ccc(NC(=O)c2ccc(Nc3nc(N4CCCCC4)nc(N4CCCCC4)n3)cc2)c(O)c1. The zero-order valence-electron chi connectivity index (χ0n) is 27.8. The maximum atomic E-state index is 13.0. The van der Waals surface area contributed by atoms with E-state index in [1.54, 1.807) is 24.3 Å². The summed E-state index contributed by atoms with van der Waals surface area (Å²) < 4.78 is 0. The van der Waals surface area contributed by atoms with Crippen molar-refractivity contribution in [3.05, 3.63) is 48.0 Å². The van der Waals surface area contributed by atoms with E-state index in [4.69, 9.17) is 15.0 Å². The van der Waals surface area contributed by atoms with E-state index in [1.807, 2.05) is 12.1 Å². The number of benzene rings is 2. The first-order valence-corrected chi connectivity index (χ1v) is 17.6. The van der Waals surface area contributed by atoms with Crippen LogP contribution in [0.25, 0.3) is 0 Å². The lowest BCUT2D eigenvalue weighted by atomic mass is 10.1. The van der Waals surface area contributed by atoms with Crippen LogP contribution < -0.4 is 25.8 Å². The molecule has 5 rings (SSSR count). The molecule has 2 aliphatic heterocycles. The van der Waals surface area contributed by atoms with Crippen molar-refractivity contribution >= 4 is 46.7 Å². The highest BCUT2D eigenvalue weighted by atomic mass is 16.3. The van der Waals surface area contributed by atoms with Gasteiger partial charge in [0.05, 0.1) is 5.69 Å². The van der Waals surface area contributed by atoms with E-state index in [9.17, 15) is 14.7 Å². The Morgan fingerprint density at radius 3 is 1.87 bits per heavy atom. The van der Waals surface area contributed by atoms with Crippen molar-refractivity contribution in [1.82, 2.24) is 15.0 Å². The molecule has 0 spiro atoms. The lowest BCUT2D eigenvalue weighted by Gasteiger charge is -2.30. The van der Waals surface area contributed by atoms with Gasteiger partial charge in [0.2, 0.25) is 23.8 Å². The number of carbonyl (C=O) groups is 2. The lowest BCUT2D eigenvalue weighted by molar-refractivity contribution is -0.116. The molecule has 0 radical (unpaired) electrons. The maximum Gasteiger partial charge on any atom is 0.255 e. The van der Waals surface area contributed by atoms with Crippen LogP contribution >= 0.6 is 0 Å². The standard InChI is InChI=1S/C36H50N8O3/c1-2-3-4-5-6-7-10-15-32(46)37-29-20-21-30(31(45)26-29)39-33(47)27-16-18-28(19-17-27)38-34-40-35(43-22-11-8-12-23-43)42-36(41-34)44-24-13-9-14-25-44/h16-21,26,45H,2-15,22-25H2,1H3,(H,37,46)(H,39,47)(H,38,40,41,42). The van der Waals surface area contributed by atoms with Gasteiger partial charge in [-0.15, -0.1) is 0 Å². The normalized spacial score (nSPS) is 14.9. The van der Waals surface area contributed by atoms with Crippen LogP contribution in [0.4, 0.5) is 34.9 Å². The quantitative estimate of drug-likeness (QED) is 0.0974. The Morgan fingerprint density at radius 1 is 0.702 bits per heavy atom. The number of rotatable bonds is 15. The summed E-state index contributed by atoms with van der Waals surface area (Å²) in [7, 11) is 0. The molecule has 3 aromatic rings. The summed E-state index contributed by atoms with van der Waals surface area (Å²) in [4.78, 5) is 44.2. The number of nitrogens with zero attached hydrogens (tertiary/aromatic N) is 5. The molecule has 2 amide bonds. The van der Waals surface area contributed by atoms with Crippen LogP contribution in [0, 0.1) is 0 Å². The van der Waals surface area contributed by atoms with E-state index < -0.39 is 0 Å². The Hall–Kier alpha value is -4.41. The number of amides is 2. The monoisotopic (exact) mass is 642 g/mol. The van der Waals surface area contributed by atoms with Gasteiger partial charge in [0.25, 0.3) is 5.91 Å². The first kappa shape index (κ1) is 33.9. The third-order valence-corrected chi connectivity index (χ3v) is 8.83. The minimum atomic E-state index is -0.359. The minimum Gasteiger partial charge on any atom is -0.506 e. The van der Waals surface area contributed by atoms with Gasteiger partial charge in [-0.3, -0.25) is 9.59 Å². The Kier molecular flexibility index (Phi) is 12.6. The van der Waals surface area contributed by atoms with E-state index in [2.05, 4.69) is 32.7 Å². The number of hydrogen-bond acceptors (Lipinski definition) is 9. The van der Waals surface area contributed by atoms with Gasteiger partial charge in [-0.25, -0.2) is 0 Å². The topological polar surface area (TPSA) is 136 Å². The molecule has 2 aromatic carbocycles. The van der Waals surface area contributed by atoms with Gasteiger partial charge in [0.1, 0.15) is 5.75 Å². The number of anilines is 6. The average molecular weight is 643 g/mol. The summed E-state index contributed by atoms with van der Waals surface area (Å²) >= 11 is 0. The molecule has 0 unspecified atom stereocenters. The van der Waals surface area contributed by atoms with Crippen LogP contribution in [0.1, 0.15) is 107 Å². The molecule has 11 nitrogen and oxygen atoms in total. The molecular formula is C36H50N8O3. The third kappa shape index (κ3) is 10.3. The van der Waals surface area contributed by atoms with Crippen molar-refractivity contribution in [1.29, 1.82) is 0 Å². The molecule has 2 fully saturated rings. The molecule has 47 heavy (non-hydrogen) atoms. The summed E-state index contributed by atoms with van der Waals surface area (Å²) in [6, 6.07) is 11.8. The first-order chi connectivity index (χ1) is 23.0. The zero-order chi connectivity index (χ0) is 32.8. The van der Waals surface area contributed by atoms with Crippen molar-refractivity contribution in [3.63, 3.8) is 0 Å². The molecule has 0 bridgehead atoms. The first-order valence-electron chi connectivity index (χ1n) is 17.6. The molecule has 252 valence electrons. The Morgan fingerprint density at radius 2 is 1.28 bits per heavy atom. The van der Waals surface area contributed by atoms with Crippen LogP contribution in [0.15, 0.2) is 42.5 Å². The zero-order valence-corrected chi connectivity index (χ0v) is 27.8. The Balaban J connectivity index is 1.15. The fourth-order valence-electron chi connectivity index (χ4n) is 6.09. The van der Waals surface area contributed by atoms with Crippen LogP contribution in [-0.2, 0) is 4.79 Å². The predicted octanol–water partition coefficient (Wildman–Crippen LogP) is 7.63. The van der Waals surface area contributed by atoms with E-state index in [0.717, 1.165) is 76.8 Å². The summed E-state index contributed by atoms with van der Waals surface area (Å²) in [5.74, 6) is 1.34. The van der Waals surface area contributed by atoms with Crippen molar-refractivity contribution in [2.24, 2.45) is 0 Å². The summed E-state index contributed by atoms with van der Waals surface area (Å²) in [5, 5.41) is 19.5. The molecule has 0 saturated carbocycles. The number of hydrogen-bond donors (Lipinski definition) is 4. The molecule has 1 aromatic heterocycles. The van der Waals surface area contributed by atoms with Gasteiger partial charge in [-0.05, 0) is 81.3 Å². The van der Waals surface area contributed by atoms with E-state index in [-0.39, 0.29) is 23.3 Å². The second-order valence-electron chi connectivity index (χ2n) is 12.7. The number of aromatic nitrogens is 3. The Bertz CT molecular complexity index is 1420.